The first kappa shape index (κ1) is 40.5. The van der Waals surface area contributed by atoms with Crippen LogP contribution in [0.15, 0.2) is 0 Å². The van der Waals surface area contributed by atoms with Gasteiger partial charge in [-0.2, -0.15) is 0 Å². The SMILES string of the molecule is CCCCCCCCCCCCCCCCC(O)C(=O)C(C(N)O)C(O)CCCCCCCCCCCCCCC. The van der Waals surface area contributed by atoms with Crippen LogP contribution >= 0.6 is 0 Å². The number of hydrogen-bond acceptors (Lipinski definition) is 5. The van der Waals surface area contributed by atoms with Gasteiger partial charge in [-0.15, -0.1) is 0 Å². The van der Waals surface area contributed by atoms with E-state index < -0.39 is 30.1 Å². The highest BCUT2D eigenvalue weighted by molar-refractivity contribution is 5.86. The van der Waals surface area contributed by atoms with Crippen LogP contribution in [0.1, 0.15) is 200 Å². The normalized spacial score (nSPS) is 14.7. The summed E-state index contributed by atoms with van der Waals surface area (Å²) in [6, 6.07) is 0. The highest BCUT2D eigenvalue weighted by atomic mass is 16.3. The lowest BCUT2D eigenvalue weighted by molar-refractivity contribution is -0.140. The molecule has 0 saturated carbocycles. The molecule has 0 aliphatic carbocycles. The molecule has 246 valence electrons. The van der Waals surface area contributed by atoms with E-state index >= 15 is 0 Å². The van der Waals surface area contributed by atoms with Gasteiger partial charge in [0.15, 0.2) is 5.78 Å². The lowest BCUT2D eigenvalue weighted by Gasteiger charge is -2.26. The molecule has 0 bridgehead atoms. The molecular formula is C36H73NO4. The Morgan fingerprint density at radius 1 is 0.463 bits per heavy atom. The summed E-state index contributed by atoms with van der Waals surface area (Å²) in [4.78, 5) is 12.8. The fourth-order valence-electron chi connectivity index (χ4n) is 6.03. The van der Waals surface area contributed by atoms with Gasteiger partial charge in [0.25, 0.3) is 0 Å². The first-order chi connectivity index (χ1) is 20.0. The predicted octanol–water partition coefficient (Wildman–Crippen LogP) is 9.52. The van der Waals surface area contributed by atoms with Crippen LogP contribution in [0, 0.1) is 5.92 Å². The van der Waals surface area contributed by atoms with Gasteiger partial charge < -0.3 is 21.1 Å². The van der Waals surface area contributed by atoms with Crippen molar-refractivity contribution < 1.29 is 20.1 Å². The Labute approximate surface area is 255 Å². The molecule has 0 aromatic rings. The van der Waals surface area contributed by atoms with Gasteiger partial charge in [0.05, 0.1) is 12.0 Å². The van der Waals surface area contributed by atoms with E-state index in [0.717, 1.165) is 38.5 Å². The van der Waals surface area contributed by atoms with E-state index in [1.165, 1.54) is 135 Å². The van der Waals surface area contributed by atoms with Crippen molar-refractivity contribution in [3.8, 4) is 0 Å². The summed E-state index contributed by atoms with van der Waals surface area (Å²) < 4.78 is 0. The third-order valence-electron chi connectivity index (χ3n) is 8.87. The largest absolute Gasteiger partial charge is 0.392 e. The Bertz CT molecular complexity index is 542. The summed E-state index contributed by atoms with van der Waals surface area (Å²) in [5.74, 6) is -1.61. The highest BCUT2D eigenvalue weighted by Crippen LogP contribution is 2.21. The van der Waals surface area contributed by atoms with Crippen LogP contribution < -0.4 is 5.73 Å². The average molecular weight is 584 g/mol. The van der Waals surface area contributed by atoms with Crippen molar-refractivity contribution in [2.24, 2.45) is 11.7 Å². The molecule has 0 aliphatic heterocycles. The van der Waals surface area contributed by atoms with Crippen molar-refractivity contribution in [2.75, 3.05) is 0 Å². The molecule has 5 nitrogen and oxygen atoms in total. The Balaban J connectivity index is 3.82. The number of ketones is 1. The van der Waals surface area contributed by atoms with Crippen molar-refractivity contribution in [1.29, 1.82) is 0 Å². The zero-order valence-corrected chi connectivity index (χ0v) is 27.6. The molecule has 5 N–H and O–H groups in total. The van der Waals surface area contributed by atoms with Gasteiger partial charge in [-0.1, -0.05) is 187 Å². The molecule has 5 heteroatoms. The van der Waals surface area contributed by atoms with Gasteiger partial charge in [0.1, 0.15) is 12.3 Å². The predicted molar refractivity (Wildman–Crippen MR) is 176 cm³/mol. The molecule has 0 radical (unpaired) electrons. The summed E-state index contributed by atoms with van der Waals surface area (Å²) in [5, 5.41) is 31.0. The minimum atomic E-state index is -1.44. The van der Waals surface area contributed by atoms with E-state index in [2.05, 4.69) is 13.8 Å². The lowest BCUT2D eigenvalue weighted by Crippen LogP contribution is -2.47. The molecule has 0 fully saturated rings. The Morgan fingerprint density at radius 3 is 1.02 bits per heavy atom. The molecule has 0 aromatic carbocycles. The number of carbonyl (C=O) groups excluding carboxylic acids is 1. The second-order valence-electron chi connectivity index (χ2n) is 12.9. The lowest BCUT2D eigenvalue weighted by atomic mass is 9.87. The molecule has 0 amide bonds. The van der Waals surface area contributed by atoms with Gasteiger partial charge >= 0.3 is 0 Å². The van der Waals surface area contributed by atoms with E-state index in [4.69, 9.17) is 5.73 Å². The zero-order valence-electron chi connectivity index (χ0n) is 27.6. The van der Waals surface area contributed by atoms with Crippen LogP contribution in [0.25, 0.3) is 0 Å². The Kier molecular flexibility index (Phi) is 30.6. The molecule has 0 heterocycles. The Morgan fingerprint density at radius 2 is 0.732 bits per heavy atom. The molecule has 41 heavy (non-hydrogen) atoms. The highest BCUT2D eigenvalue weighted by Gasteiger charge is 2.34. The van der Waals surface area contributed by atoms with Crippen LogP contribution in [-0.2, 0) is 4.79 Å². The van der Waals surface area contributed by atoms with E-state index in [-0.39, 0.29) is 0 Å². The van der Waals surface area contributed by atoms with Crippen molar-refractivity contribution in [2.45, 2.75) is 218 Å². The minimum Gasteiger partial charge on any atom is -0.392 e. The summed E-state index contributed by atoms with van der Waals surface area (Å²) in [7, 11) is 0. The summed E-state index contributed by atoms with van der Waals surface area (Å²) in [5.41, 5.74) is 5.66. The number of hydrogen-bond donors (Lipinski definition) is 4. The van der Waals surface area contributed by atoms with Crippen molar-refractivity contribution in [1.82, 2.24) is 0 Å². The van der Waals surface area contributed by atoms with E-state index in [1.807, 2.05) is 0 Å². The topological polar surface area (TPSA) is 104 Å². The molecule has 0 aromatic heterocycles. The van der Waals surface area contributed by atoms with Crippen molar-refractivity contribution in [3.63, 3.8) is 0 Å². The molecule has 4 atom stereocenters. The molecule has 0 saturated heterocycles. The van der Waals surface area contributed by atoms with E-state index in [9.17, 15) is 20.1 Å². The van der Waals surface area contributed by atoms with Gasteiger partial charge in [0, 0.05) is 0 Å². The maximum atomic E-state index is 12.8. The fraction of sp³-hybridized carbons (Fsp3) is 0.972. The molecule has 0 rings (SSSR count). The second kappa shape index (κ2) is 31.0. The first-order valence-electron chi connectivity index (χ1n) is 18.3. The monoisotopic (exact) mass is 584 g/mol. The second-order valence-corrected chi connectivity index (χ2v) is 12.9. The quantitative estimate of drug-likeness (QED) is 0.0455. The number of nitrogens with two attached hydrogens (primary N) is 1. The van der Waals surface area contributed by atoms with Gasteiger partial charge in [0.2, 0.25) is 0 Å². The molecule has 0 aliphatic rings. The number of rotatable bonds is 33. The maximum absolute atomic E-state index is 12.8. The van der Waals surface area contributed by atoms with Crippen LogP contribution in [0.2, 0.25) is 0 Å². The molecule has 0 spiro atoms. The van der Waals surface area contributed by atoms with Crippen molar-refractivity contribution >= 4 is 5.78 Å². The fourth-order valence-corrected chi connectivity index (χ4v) is 6.03. The number of Topliss-reactive ketones (excluding diaryl/α,β-unsaturated/α-hetero) is 1. The average Bonchev–Trinajstić information content (AvgIpc) is 2.95. The van der Waals surface area contributed by atoms with Gasteiger partial charge in [-0.05, 0) is 12.8 Å². The summed E-state index contributed by atoms with van der Waals surface area (Å²) in [6.45, 7) is 4.52. The minimum absolute atomic E-state index is 0.381. The number of unbranched alkanes of at least 4 members (excludes halogenated alkanes) is 25. The maximum Gasteiger partial charge on any atom is 0.170 e. The van der Waals surface area contributed by atoms with Gasteiger partial charge in [-0.3, -0.25) is 4.79 Å². The van der Waals surface area contributed by atoms with Crippen LogP contribution in [0.5, 0.6) is 0 Å². The van der Waals surface area contributed by atoms with Crippen LogP contribution in [0.4, 0.5) is 0 Å². The van der Waals surface area contributed by atoms with Gasteiger partial charge in [-0.25, -0.2) is 0 Å². The van der Waals surface area contributed by atoms with Crippen LogP contribution in [-0.4, -0.2) is 39.5 Å². The van der Waals surface area contributed by atoms with Crippen LogP contribution in [0.3, 0.4) is 0 Å². The first-order valence-corrected chi connectivity index (χ1v) is 18.3. The summed E-state index contributed by atoms with van der Waals surface area (Å²) in [6.07, 6.45) is 31.1. The number of aliphatic hydroxyl groups excluding tert-OH is 3. The smallest absolute Gasteiger partial charge is 0.170 e. The van der Waals surface area contributed by atoms with E-state index in [0.29, 0.717) is 12.8 Å². The third-order valence-corrected chi connectivity index (χ3v) is 8.87. The van der Waals surface area contributed by atoms with Crippen molar-refractivity contribution in [3.05, 3.63) is 0 Å². The molecular weight excluding hydrogens is 510 g/mol. The van der Waals surface area contributed by atoms with E-state index in [1.54, 1.807) is 0 Å². The third kappa shape index (κ3) is 25.7. The standard InChI is InChI=1S/C36H73NO4/c1-3-5-7-9-11-13-15-17-19-21-23-25-27-29-31-33(39)35(40)34(36(37)41)32(38)30-28-26-24-22-20-18-16-14-12-10-8-6-4-2/h32-34,36,38-39,41H,3-31,37H2,1-2H3. The number of aliphatic hydroxyl groups is 3. The Hall–Kier alpha value is -0.490. The molecule has 4 unspecified atom stereocenters. The zero-order chi connectivity index (χ0) is 30.4. The number of carbonyl (C=O) groups is 1. The summed E-state index contributed by atoms with van der Waals surface area (Å²) >= 11 is 0.